The van der Waals surface area contributed by atoms with E-state index in [9.17, 15) is 21.2 Å². The van der Waals surface area contributed by atoms with Gasteiger partial charge in [-0.15, -0.1) is 0 Å². The fraction of sp³-hybridized carbons (Fsp3) is 0.130. The molecule has 0 fully saturated rings. The van der Waals surface area contributed by atoms with Crippen molar-refractivity contribution >= 4 is 25.6 Å². The first-order valence-electron chi connectivity index (χ1n) is 9.86. The van der Waals surface area contributed by atoms with E-state index in [1.165, 1.54) is 28.6 Å². The maximum Gasteiger partial charge on any atom is 0.243 e. The number of benzene rings is 3. The Balaban J connectivity index is 1.70. The summed E-state index contributed by atoms with van der Waals surface area (Å²) >= 11 is 0. The lowest BCUT2D eigenvalue weighted by molar-refractivity contribution is 0.411. The third-order valence-electron chi connectivity index (χ3n) is 5.19. The molecule has 0 bridgehead atoms. The standard InChI is InChI=1S/C23H21FN2O4S2/c24-19-11-13-20(14-12-19)31(27,28)25-23-17-26(32(29,30)21-9-5-2-6-10-21)16-15-22(23)18-7-3-1-4-8-18/h1-15,23,25H,16-17H2. The Labute approximate surface area is 187 Å². The second-order valence-corrected chi connectivity index (χ2v) is 10.9. The lowest BCUT2D eigenvalue weighted by atomic mass is 9.96. The maximum atomic E-state index is 13.3. The average molecular weight is 473 g/mol. The summed E-state index contributed by atoms with van der Waals surface area (Å²) in [4.78, 5) is 0.0334. The molecule has 4 rings (SSSR count). The molecule has 0 amide bonds. The summed E-state index contributed by atoms with van der Waals surface area (Å²) < 4.78 is 69.3. The van der Waals surface area contributed by atoms with E-state index in [1.807, 2.05) is 30.3 Å². The Bertz CT molecular complexity index is 1330. The Morgan fingerprint density at radius 3 is 2.00 bits per heavy atom. The molecule has 0 aliphatic carbocycles. The number of rotatable bonds is 6. The zero-order chi connectivity index (χ0) is 22.8. The van der Waals surface area contributed by atoms with Crippen molar-refractivity contribution in [2.24, 2.45) is 0 Å². The van der Waals surface area contributed by atoms with Crippen molar-refractivity contribution in [1.29, 1.82) is 0 Å². The van der Waals surface area contributed by atoms with Crippen LogP contribution >= 0.6 is 0 Å². The molecule has 1 atom stereocenters. The summed E-state index contributed by atoms with van der Waals surface area (Å²) in [6, 6.07) is 20.8. The molecule has 3 aromatic rings. The van der Waals surface area contributed by atoms with Crippen molar-refractivity contribution in [3.63, 3.8) is 0 Å². The van der Waals surface area contributed by atoms with Gasteiger partial charge in [0.1, 0.15) is 5.82 Å². The molecule has 1 aliphatic heterocycles. The number of sulfonamides is 2. The van der Waals surface area contributed by atoms with E-state index < -0.39 is 31.9 Å². The van der Waals surface area contributed by atoms with Crippen molar-refractivity contribution in [2.75, 3.05) is 13.1 Å². The number of nitrogens with zero attached hydrogens (tertiary/aromatic N) is 1. The third-order valence-corrected chi connectivity index (χ3v) is 8.52. The Hall–Kier alpha value is -2.85. The van der Waals surface area contributed by atoms with Crippen LogP contribution < -0.4 is 4.72 Å². The number of halogens is 1. The van der Waals surface area contributed by atoms with E-state index in [0.717, 1.165) is 17.7 Å². The first kappa shape index (κ1) is 22.3. The fourth-order valence-electron chi connectivity index (χ4n) is 3.58. The van der Waals surface area contributed by atoms with Gasteiger partial charge in [0, 0.05) is 13.1 Å². The summed E-state index contributed by atoms with van der Waals surface area (Å²) in [5.74, 6) is -0.549. The average Bonchev–Trinajstić information content (AvgIpc) is 2.80. The van der Waals surface area contributed by atoms with Gasteiger partial charge < -0.3 is 0 Å². The molecule has 9 heteroatoms. The van der Waals surface area contributed by atoms with E-state index >= 15 is 0 Å². The highest BCUT2D eigenvalue weighted by Gasteiger charge is 2.34. The quantitative estimate of drug-likeness (QED) is 0.597. The highest BCUT2D eigenvalue weighted by molar-refractivity contribution is 7.89. The van der Waals surface area contributed by atoms with Crippen LogP contribution in [-0.2, 0) is 20.0 Å². The molecule has 32 heavy (non-hydrogen) atoms. The summed E-state index contributed by atoms with van der Waals surface area (Å²) in [6.07, 6.45) is 1.72. The highest BCUT2D eigenvalue weighted by Crippen LogP contribution is 2.27. The first-order chi connectivity index (χ1) is 15.3. The van der Waals surface area contributed by atoms with Gasteiger partial charge in [-0.05, 0) is 47.5 Å². The molecular formula is C23H21FN2O4S2. The van der Waals surface area contributed by atoms with Crippen molar-refractivity contribution < 1.29 is 21.2 Å². The summed E-state index contributed by atoms with van der Waals surface area (Å²) in [6.45, 7) is 0.0224. The van der Waals surface area contributed by atoms with Gasteiger partial charge in [0.05, 0.1) is 15.8 Å². The van der Waals surface area contributed by atoms with Crippen molar-refractivity contribution in [3.8, 4) is 0 Å². The molecule has 3 aromatic carbocycles. The van der Waals surface area contributed by atoms with Gasteiger partial charge >= 0.3 is 0 Å². The van der Waals surface area contributed by atoms with Crippen LogP contribution in [0.5, 0.6) is 0 Å². The highest BCUT2D eigenvalue weighted by atomic mass is 32.2. The normalized spacial score (nSPS) is 17.7. The lowest BCUT2D eigenvalue weighted by Crippen LogP contribution is -2.49. The van der Waals surface area contributed by atoms with Gasteiger partial charge in [0.25, 0.3) is 0 Å². The molecule has 0 saturated heterocycles. The van der Waals surface area contributed by atoms with Crippen molar-refractivity contribution in [1.82, 2.24) is 9.03 Å². The largest absolute Gasteiger partial charge is 0.243 e. The Morgan fingerprint density at radius 2 is 1.38 bits per heavy atom. The van der Waals surface area contributed by atoms with Crippen molar-refractivity contribution in [2.45, 2.75) is 15.8 Å². The summed E-state index contributed by atoms with van der Waals surface area (Å²) in [5.41, 5.74) is 1.46. The minimum absolute atomic E-state index is 0.0849. The molecule has 0 saturated carbocycles. The zero-order valence-electron chi connectivity index (χ0n) is 16.9. The number of hydrogen-bond donors (Lipinski definition) is 1. The van der Waals surface area contributed by atoms with Crippen LogP contribution in [0.2, 0.25) is 0 Å². The summed E-state index contributed by atoms with van der Waals surface area (Å²) in [5, 5.41) is 0. The van der Waals surface area contributed by atoms with Gasteiger partial charge in [-0.2, -0.15) is 4.31 Å². The van der Waals surface area contributed by atoms with E-state index in [2.05, 4.69) is 4.72 Å². The monoisotopic (exact) mass is 472 g/mol. The molecule has 1 N–H and O–H groups in total. The van der Waals surface area contributed by atoms with Crippen LogP contribution in [0.3, 0.4) is 0 Å². The molecule has 0 aromatic heterocycles. The molecule has 1 aliphatic rings. The smallest absolute Gasteiger partial charge is 0.207 e. The van der Waals surface area contributed by atoms with Gasteiger partial charge in [0.15, 0.2) is 0 Å². The van der Waals surface area contributed by atoms with E-state index in [-0.39, 0.29) is 22.9 Å². The molecule has 166 valence electrons. The van der Waals surface area contributed by atoms with Crippen LogP contribution in [0.1, 0.15) is 5.56 Å². The molecule has 1 heterocycles. The molecular weight excluding hydrogens is 451 g/mol. The number of nitrogens with one attached hydrogen (secondary N) is 1. The van der Waals surface area contributed by atoms with E-state index in [1.54, 1.807) is 24.3 Å². The SMILES string of the molecule is O=S(=O)(NC1CN(S(=O)(=O)c2ccccc2)CC=C1c1ccccc1)c1ccc(F)cc1. The fourth-order valence-corrected chi connectivity index (χ4v) is 6.20. The molecule has 6 nitrogen and oxygen atoms in total. The van der Waals surface area contributed by atoms with Gasteiger partial charge in [-0.3, -0.25) is 0 Å². The second kappa shape index (κ2) is 8.95. The van der Waals surface area contributed by atoms with Gasteiger partial charge in [-0.1, -0.05) is 54.6 Å². The summed E-state index contributed by atoms with van der Waals surface area (Å²) in [7, 11) is -7.85. The number of hydrogen-bond acceptors (Lipinski definition) is 4. The predicted octanol–water partition coefficient (Wildman–Crippen LogP) is 3.26. The van der Waals surface area contributed by atoms with Gasteiger partial charge in [0.2, 0.25) is 20.0 Å². The topological polar surface area (TPSA) is 83.6 Å². The second-order valence-electron chi connectivity index (χ2n) is 7.29. The van der Waals surface area contributed by atoms with Crippen molar-refractivity contribution in [3.05, 3.63) is 102 Å². The molecule has 1 unspecified atom stereocenters. The Morgan fingerprint density at radius 1 is 0.781 bits per heavy atom. The van der Waals surface area contributed by atoms with Crippen LogP contribution in [0, 0.1) is 5.82 Å². The van der Waals surface area contributed by atoms with Crippen LogP contribution in [0.4, 0.5) is 4.39 Å². The van der Waals surface area contributed by atoms with E-state index in [0.29, 0.717) is 5.57 Å². The first-order valence-corrected chi connectivity index (χ1v) is 12.8. The molecule has 0 spiro atoms. The predicted molar refractivity (Wildman–Crippen MR) is 120 cm³/mol. The zero-order valence-corrected chi connectivity index (χ0v) is 18.6. The maximum absolute atomic E-state index is 13.3. The van der Waals surface area contributed by atoms with Crippen LogP contribution in [0.15, 0.2) is 101 Å². The minimum atomic E-state index is -4.03. The van der Waals surface area contributed by atoms with E-state index in [4.69, 9.17) is 0 Å². The van der Waals surface area contributed by atoms with Gasteiger partial charge in [-0.25, -0.2) is 25.9 Å². The Kier molecular flexibility index (Phi) is 6.25. The molecule has 0 radical (unpaired) electrons. The lowest BCUT2D eigenvalue weighted by Gasteiger charge is -2.33. The van der Waals surface area contributed by atoms with Crippen LogP contribution in [0.25, 0.3) is 5.57 Å². The van der Waals surface area contributed by atoms with Crippen LogP contribution in [-0.4, -0.2) is 40.3 Å². The minimum Gasteiger partial charge on any atom is -0.207 e. The third kappa shape index (κ3) is 4.66.